The zero-order valence-electron chi connectivity index (χ0n) is 38.8. The average Bonchev–Trinajstić information content (AvgIpc) is 3.75. The summed E-state index contributed by atoms with van der Waals surface area (Å²) in [6, 6.07) is 82.9. The van der Waals surface area contributed by atoms with E-state index in [1.165, 1.54) is 143 Å². The normalized spacial score (nSPS) is 14.1. The van der Waals surface area contributed by atoms with Crippen molar-refractivity contribution in [3.8, 4) is 66.8 Å². The second-order valence-corrected chi connectivity index (χ2v) is 20.3. The van der Waals surface area contributed by atoms with Gasteiger partial charge in [0.2, 0.25) is 0 Å². The third kappa shape index (κ3) is 5.43. The fraction of sp³-hybridized carbons (Fsp3) is 0.0882. The van der Waals surface area contributed by atoms with Gasteiger partial charge in [-0.05, 0) is 167 Å². The minimum absolute atomic E-state index is 0.0925. The van der Waals surface area contributed by atoms with Gasteiger partial charge in [0.05, 0.1) is 0 Å². The van der Waals surface area contributed by atoms with Crippen LogP contribution >= 0.6 is 0 Å². The van der Waals surface area contributed by atoms with Gasteiger partial charge < -0.3 is 0 Å². The number of hydrogen-bond acceptors (Lipinski definition) is 0. The molecule has 0 heterocycles. The summed E-state index contributed by atoms with van der Waals surface area (Å²) in [7, 11) is 0. The molecule has 0 fully saturated rings. The van der Waals surface area contributed by atoms with E-state index in [0.717, 1.165) is 0 Å². The van der Waals surface area contributed by atoms with E-state index in [2.05, 4.69) is 246 Å². The summed E-state index contributed by atoms with van der Waals surface area (Å²) in [4.78, 5) is 0. The van der Waals surface area contributed by atoms with Crippen LogP contribution in [0.1, 0.15) is 49.9 Å². The maximum Gasteiger partial charge on any atom is 0.0159 e. The van der Waals surface area contributed by atoms with Gasteiger partial charge in [0.1, 0.15) is 0 Å². The standard InChI is InChI=1S/C68H48/c1-67(2)59-27-15-13-19-47(59)49-34-31-45(39-61(49)67)65-53-23-9-7-21-51(53)64(52-22-8-10-24-54(52)65)44-33-36-57-58(38-44)66(46-32-35-50-48-20-14-16-28-60(48)68(3,4)62(50)40-46)56-26-12-11-25-55(56)63(57)43-30-29-41-17-5-6-18-42(41)37-43/h5-40H,1-4H3. The van der Waals surface area contributed by atoms with Crippen molar-refractivity contribution in [2.24, 2.45) is 0 Å². The molecule has 0 heteroatoms. The Labute approximate surface area is 397 Å². The first-order valence-electron chi connectivity index (χ1n) is 24.2. The molecular formula is C68H48. The predicted octanol–water partition coefficient (Wildman–Crippen LogP) is 18.7. The van der Waals surface area contributed by atoms with Crippen molar-refractivity contribution in [3.63, 3.8) is 0 Å². The Kier molecular flexibility index (Phi) is 8.19. The van der Waals surface area contributed by atoms with Crippen molar-refractivity contribution in [2.75, 3.05) is 0 Å². The zero-order valence-corrected chi connectivity index (χ0v) is 38.8. The van der Waals surface area contributed by atoms with Gasteiger partial charge in [0.25, 0.3) is 0 Å². The molecule has 68 heavy (non-hydrogen) atoms. The molecule has 0 aliphatic heterocycles. The Bertz CT molecular complexity index is 4080. The molecule has 2 aliphatic rings. The zero-order chi connectivity index (χ0) is 45.5. The van der Waals surface area contributed by atoms with Crippen LogP contribution < -0.4 is 0 Å². The molecule has 0 atom stereocenters. The van der Waals surface area contributed by atoms with Crippen molar-refractivity contribution in [3.05, 3.63) is 241 Å². The molecule has 0 nitrogen and oxygen atoms in total. The summed E-state index contributed by atoms with van der Waals surface area (Å²) in [6.07, 6.45) is 0. The highest BCUT2D eigenvalue weighted by Crippen LogP contribution is 2.54. The van der Waals surface area contributed by atoms with Crippen molar-refractivity contribution < 1.29 is 0 Å². The van der Waals surface area contributed by atoms with Crippen LogP contribution in [0.2, 0.25) is 0 Å². The van der Waals surface area contributed by atoms with Crippen LogP contribution in [0.15, 0.2) is 218 Å². The van der Waals surface area contributed by atoms with Crippen LogP contribution in [0.4, 0.5) is 0 Å². The van der Waals surface area contributed by atoms with Crippen LogP contribution in [0.3, 0.4) is 0 Å². The molecule has 0 radical (unpaired) electrons. The lowest BCUT2D eigenvalue weighted by atomic mass is 9.79. The second kappa shape index (κ2) is 14.2. The first-order valence-corrected chi connectivity index (χ1v) is 24.2. The fourth-order valence-corrected chi connectivity index (χ4v) is 12.8. The summed E-state index contributed by atoms with van der Waals surface area (Å²) in [6.45, 7) is 9.54. The Morgan fingerprint density at radius 1 is 0.221 bits per heavy atom. The molecule has 2 aliphatic carbocycles. The molecule has 0 spiro atoms. The number of rotatable bonds is 4. The van der Waals surface area contributed by atoms with Crippen molar-refractivity contribution in [1.29, 1.82) is 0 Å². The molecule has 0 amide bonds. The average molecular weight is 865 g/mol. The lowest BCUT2D eigenvalue weighted by Gasteiger charge is -2.24. The van der Waals surface area contributed by atoms with E-state index in [-0.39, 0.29) is 10.8 Å². The van der Waals surface area contributed by atoms with E-state index in [1.807, 2.05) is 0 Å². The highest BCUT2D eigenvalue weighted by atomic mass is 14.4. The SMILES string of the molecule is CC1(C)c2ccccc2-c2ccc(-c3c4ccccc4c(-c4ccc5c(-c6ccc7ccccc7c6)c6ccccc6c(-c6ccc7c(c6)C(C)(C)c6ccccc6-7)c5c4)c4ccccc34)cc21. The Morgan fingerprint density at radius 2 is 0.544 bits per heavy atom. The fourth-order valence-electron chi connectivity index (χ4n) is 12.8. The topological polar surface area (TPSA) is 0 Å². The molecule has 12 aromatic rings. The Hall–Kier alpha value is -8.06. The third-order valence-electron chi connectivity index (χ3n) is 16.0. The second-order valence-electron chi connectivity index (χ2n) is 20.3. The van der Waals surface area contributed by atoms with Crippen molar-refractivity contribution >= 4 is 53.9 Å². The van der Waals surface area contributed by atoms with E-state index in [4.69, 9.17) is 0 Å². The van der Waals surface area contributed by atoms with Gasteiger partial charge >= 0.3 is 0 Å². The largest absolute Gasteiger partial charge is 0.0619 e. The van der Waals surface area contributed by atoms with Gasteiger partial charge in [0, 0.05) is 10.8 Å². The van der Waals surface area contributed by atoms with Crippen LogP contribution in [-0.4, -0.2) is 0 Å². The molecule has 0 unspecified atom stereocenters. The van der Waals surface area contributed by atoms with Crippen LogP contribution in [-0.2, 0) is 10.8 Å². The minimum Gasteiger partial charge on any atom is -0.0619 e. The molecule has 0 aromatic heterocycles. The van der Waals surface area contributed by atoms with Crippen LogP contribution in [0.25, 0.3) is 121 Å². The van der Waals surface area contributed by atoms with Crippen molar-refractivity contribution in [2.45, 2.75) is 38.5 Å². The van der Waals surface area contributed by atoms with Gasteiger partial charge in [-0.3, -0.25) is 0 Å². The number of fused-ring (bicyclic) bond motifs is 11. The van der Waals surface area contributed by atoms with E-state index >= 15 is 0 Å². The summed E-state index contributed by atoms with van der Waals surface area (Å²) in [5.74, 6) is 0. The Balaban J connectivity index is 1.05. The highest BCUT2D eigenvalue weighted by Gasteiger charge is 2.37. The molecular weight excluding hydrogens is 817 g/mol. The lowest BCUT2D eigenvalue weighted by Crippen LogP contribution is -2.14. The van der Waals surface area contributed by atoms with E-state index in [1.54, 1.807) is 0 Å². The van der Waals surface area contributed by atoms with Crippen LogP contribution in [0.5, 0.6) is 0 Å². The molecule has 0 saturated carbocycles. The monoisotopic (exact) mass is 864 g/mol. The smallest absolute Gasteiger partial charge is 0.0159 e. The number of benzene rings is 12. The van der Waals surface area contributed by atoms with Crippen LogP contribution in [0, 0.1) is 0 Å². The summed E-state index contributed by atoms with van der Waals surface area (Å²) >= 11 is 0. The summed E-state index contributed by atoms with van der Waals surface area (Å²) < 4.78 is 0. The first kappa shape index (κ1) is 39.1. The molecule has 14 rings (SSSR count). The maximum atomic E-state index is 2.53. The van der Waals surface area contributed by atoms with Gasteiger partial charge in [-0.25, -0.2) is 0 Å². The van der Waals surface area contributed by atoms with E-state index in [9.17, 15) is 0 Å². The quantitative estimate of drug-likeness (QED) is 0.155. The van der Waals surface area contributed by atoms with Gasteiger partial charge in [0.15, 0.2) is 0 Å². The van der Waals surface area contributed by atoms with Gasteiger partial charge in [-0.15, -0.1) is 0 Å². The molecule has 0 bridgehead atoms. The van der Waals surface area contributed by atoms with Gasteiger partial charge in [-0.2, -0.15) is 0 Å². The third-order valence-corrected chi connectivity index (χ3v) is 16.0. The molecule has 320 valence electrons. The summed E-state index contributed by atoms with van der Waals surface area (Å²) in [5.41, 5.74) is 20.8. The van der Waals surface area contributed by atoms with Gasteiger partial charge in [-0.1, -0.05) is 222 Å². The van der Waals surface area contributed by atoms with Crippen molar-refractivity contribution in [1.82, 2.24) is 0 Å². The number of hydrogen-bond donors (Lipinski definition) is 0. The molecule has 0 N–H and O–H groups in total. The lowest BCUT2D eigenvalue weighted by molar-refractivity contribution is 0.660. The Morgan fingerprint density at radius 3 is 1.03 bits per heavy atom. The molecule has 12 aromatic carbocycles. The maximum absolute atomic E-state index is 2.53. The van der Waals surface area contributed by atoms with E-state index < -0.39 is 0 Å². The highest BCUT2D eigenvalue weighted by molar-refractivity contribution is 6.25. The predicted molar refractivity (Wildman–Crippen MR) is 291 cm³/mol. The summed E-state index contributed by atoms with van der Waals surface area (Å²) in [5, 5.41) is 12.6. The minimum atomic E-state index is -0.123. The first-order chi connectivity index (χ1) is 33.3. The molecule has 0 saturated heterocycles. The van der Waals surface area contributed by atoms with E-state index in [0.29, 0.717) is 0 Å².